The number of ether oxygens (including phenoxy) is 1. The zero-order chi connectivity index (χ0) is 22.5. The number of carbonyl (C=O) groups is 3. The summed E-state index contributed by atoms with van der Waals surface area (Å²) in [5, 5.41) is 2.89. The van der Waals surface area contributed by atoms with Crippen LogP contribution in [0.3, 0.4) is 0 Å². The molecule has 2 aromatic carbocycles. The number of hydrogen-bond donors (Lipinski definition) is 1. The Morgan fingerprint density at radius 1 is 1.00 bits per heavy atom. The van der Waals surface area contributed by atoms with Crippen molar-refractivity contribution in [2.45, 2.75) is 38.1 Å². The molecule has 1 aliphatic carbocycles. The van der Waals surface area contributed by atoms with Crippen molar-refractivity contribution < 1.29 is 19.1 Å². The van der Waals surface area contributed by atoms with Crippen LogP contribution in [0.5, 0.6) is 11.5 Å². The average Bonchev–Trinajstić information content (AvgIpc) is 3.07. The van der Waals surface area contributed by atoms with Crippen LogP contribution < -0.4 is 10.1 Å². The lowest BCUT2D eigenvalue weighted by atomic mass is 9.81. The summed E-state index contributed by atoms with van der Waals surface area (Å²) >= 11 is 1.60. The highest BCUT2D eigenvalue weighted by Gasteiger charge is 2.51. The summed E-state index contributed by atoms with van der Waals surface area (Å²) in [4.78, 5) is 40.5. The molecule has 2 fully saturated rings. The Morgan fingerprint density at radius 3 is 2.19 bits per heavy atom. The fourth-order valence-corrected chi connectivity index (χ4v) is 5.02. The molecule has 6 nitrogen and oxygen atoms in total. The average molecular weight is 453 g/mol. The highest BCUT2D eigenvalue weighted by atomic mass is 32.2. The maximum absolute atomic E-state index is 13.2. The molecule has 1 heterocycles. The van der Waals surface area contributed by atoms with Gasteiger partial charge in [-0.3, -0.25) is 19.3 Å². The number of fused-ring (bicyclic) bond motifs is 1. The van der Waals surface area contributed by atoms with Gasteiger partial charge in [-0.15, -0.1) is 0 Å². The summed E-state index contributed by atoms with van der Waals surface area (Å²) in [6.45, 7) is 0. The maximum atomic E-state index is 13.2. The van der Waals surface area contributed by atoms with E-state index in [2.05, 4.69) is 5.32 Å². The minimum absolute atomic E-state index is 0.174. The van der Waals surface area contributed by atoms with Crippen molar-refractivity contribution in [3.05, 3.63) is 54.6 Å². The molecule has 2 aliphatic rings. The molecule has 1 saturated carbocycles. The van der Waals surface area contributed by atoms with Crippen LogP contribution in [0.4, 0.5) is 5.69 Å². The fourth-order valence-electron chi connectivity index (χ4n) is 4.56. The number of imide groups is 1. The fraction of sp³-hybridized carbons (Fsp3) is 0.400. The van der Waals surface area contributed by atoms with Crippen LogP contribution in [0.25, 0.3) is 0 Å². The Kier molecular flexibility index (Phi) is 7.15. The number of thioether (sulfide) groups is 1. The number of carbonyl (C=O) groups excluding carboxylic acids is 3. The Balaban J connectivity index is 1.46. The summed E-state index contributed by atoms with van der Waals surface area (Å²) in [6, 6.07) is 15.7. The largest absolute Gasteiger partial charge is 0.457 e. The highest BCUT2D eigenvalue weighted by molar-refractivity contribution is 7.98. The number of nitrogens with zero attached hydrogens (tertiary/aromatic N) is 1. The maximum Gasteiger partial charge on any atom is 0.247 e. The number of anilines is 1. The van der Waals surface area contributed by atoms with Gasteiger partial charge in [-0.05, 0) is 67.7 Å². The quantitative estimate of drug-likeness (QED) is 0.587. The summed E-state index contributed by atoms with van der Waals surface area (Å²) in [5.41, 5.74) is 0.598. The number of amides is 3. The molecule has 7 heteroatoms. The van der Waals surface area contributed by atoms with Gasteiger partial charge in [-0.1, -0.05) is 31.0 Å². The molecular weight excluding hydrogens is 424 g/mol. The number of benzene rings is 2. The van der Waals surface area contributed by atoms with Crippen LogP contribution in [0.15, 0.2) is 54.6 Å². The van der Waals surface area contributed by atoms with Gasteiger partial charge in [0.2, 0.25) is 17.7 Å². The molecule has 1 saturated heterocycles. The second-order valence-corrected chi connectivity index (χ2v) is 9.26. The minimum Gasteiger partial charge on any atom is -0.457 e. The third kappa shape index (κ3) is 4.83. The minimum atomic E-state index is -0.784. The Labute approximate surface area is 192 Å². The van der Waals surface area contributed by atoms with E-state index < -0.39 is 6.04 Å². The normalized spacial score (nSPS) is 21.2. The van der Waals surface area contributed by atoms with Crippen molar-refractivity contribution >= 4 is 35.2 Å². The van der Waals surface area contributed by atoms with Gasteiger partial charge in [0.05, 0.1) is 11.8 Å². The lowest BCUT2D eigenvalue weighted by Gasteiger charge is -2.26. The predicted octanol–water partition coefficient (Wildman–Crippen LogP) is 4.71. The smallest absolute Gasteiger partial charge is 0.247 e. The zero-order valence-corrected chi connectivity index (χ0v) is 19.0. The van der Waals surface area contributed by atoms with Gasteiger partial charge < -0.3 is 10.1 Å². The number of likely N-dealkylation sites (tertiary alicyclic amines) is 1. The molecule has 32 heavy (non-hydrogen) atoms. The van der Waals surface area contributed by atoms with E-state index in [1.807, 2.05) is 36.6 Å². The first-order valence-corrected chi connectivity index (χ1v) is 12.5. The predicted molar refractivity (Wildman–Crippen MR) is 126 cm³/mol. The third-order valence-corrected chi connectivity index (χ3v) is 6.83. The van der Waals surface area contributed by atoms with Gasteiger partial charge in [0.1, 0.15) is 17.5 Å². The first-order chi connectivity index (χ1) is 15.6. The molecule has 1 N–H and O–H groups in total. The van der Waals surface area contributed by atoms with Gasteiger partial charge in [-0.2, -0.15) is 11.8 Å². The molecular formula is C25H28N2O4S. The second kappa shape index (κ2) is 10.2. The first-order valence-electron chi connectivity index (χ1n) is 11.1. The van der Waals surface area contributed by atoms with Crippen molar-refractivity contribution in [2.75, 3.05) is 17.3 Å². The van der Waals surface area contributed by atoms with Crippen LogP contribution in [0, 0.1) is 11.8 Å². The van der Waals surface area contributed by atoms with E-state index in [4.69, 9.17) is 4.74 Å². The zero-order valence-electron chi connectivity index (χ0n) is 18.2. The summed E-state index contributed by atoms with van der Waals surface area (Å²) < 4.78 is 5.79. The van der Waals surface area contributed by atoms with Crippen molar-refractivity contribution in [3.8, 4) is 11.5 Å². The van der Waals surface area contributed by atoms with Crippen LogP contribution in [0.1, 0.15) is 32.1 Å². The van der Waals surface area contributed by atoms with Gasteiger partial charge >= 0.3 is 0 Å². The molecule has 0 aromatic heterocycles. The van der Waals surface area contributed by atoms with Crippen LogP contribution in [0.2, 0.25) is 0 Å². The van der Waals surface area contributed by atoms with Gasteiger partial charge in [0.25, 0.3) is 0 Å². The molecule has 3 amide bonds. The SMILES string of the molecule is CSCCC(C(=O)Nc1ccc(Oc2ccccc2)cc1)N1C(=O)C2CCCCC2C1=O. The van der Waals surface area contributed by atoms with E-state index in [0.29, 0.717) is 23.6 Å². The second-order valence-electron chi connectivity index (χ2n) is 8.27. The van der Waals surface area contributed by atoms with Crippen molar-refractivity contribution in [3.63, 3.8) is 0 Å². The monoisotopic (exact) mass is 452 g/mol. The topological polar surface area (TPSA) is 75.7 Å². The molecule has 1 aliphatic heterocycles. The Bertz CT molecular complexity index is 940. The first kappa shape index (κ1) is 22.4. The molecule has 2 aromatic rings. The van der Waals surface area contributed by atoms with E-state index >= 15 is 0 Å². The number of rotatable bonds is 8. The summed E-state index contributed by atoms with van der Waals surface area (Å²) in [5.74, 6) is 0.895. The summed E-state index contributed by atoms with van der Waals surface area (Å²) in [7, 11) is 0. The lowest BCUT2D eigenvalue weighted by Crippen LogP contribution is -2.48. The van der Waals surface area contributed by atoms with Crippen LogP contribution in [-0.2, 0) is 14.4 Å². The molecule has 0 radical (unpaired) electrons. The van der Waals surface area contributed by atoms with Crippen LogP contribution in [-0.4, -0.2) is 40.7 Å². The van der Waals surface area contributed by atoms with Crippen molar-refractivity contribution in [1.82, 2.24) is 4.90 Å². The third-order valence-electron chi connectivity index (χ3n) is 6.19. The van der Waals surface area contributed by atoms with E-state index in [9.17, 15) is 14.4 Å². The molecule has 4 rings (SSSR count). The number of hydrogen-bond acceptors (Lipinski definition) is 5. The van der Waals surface area contributed by atoms with Gasteiger partial charge in [0, 0.05) is 5.69 Å². The van der Waals surface area contributed by atoms with Crippen molar-refractivity contribution in [2.24, 2.45) is 11.8 Å². The van der Waals surface area contributed by atoms with E-state index in [0.717, 1.165) is 31.4 Å². The van der Waals surface area contributed by atoms with Crippen LogP contribution >= 0.6 is 11.8 Å². The number of nitrogens with one attached hydrogen (secondary N) is 1. The van der Waals surface area contributed by atoms with Crippen molar-refractivity contribution in [1.29, 1.82) is 0 Å². The number of para-hydroxylation sites is 1. The lowest BCUT2D eigenvalue weighted by molar-refractivity contribution is -0.146. The van der Waals surface area contributed by atoms with E-state index in [-0.39, 0.29) is 29.6 Å². The summed E-state index contributed by atoms with van der Waals surface area (Å²) in [6.07, 6.45) is 5.81. The molecule has 168 valence electrons. The molecule has 0 bridgehead atoms. The Hall–Kier alpha value is -2.80. The molecule has 3 atom stereocenters. The van der Waals surface area contributed by atoms with E-state index in [1.54, 1.807) is 36.0 Å². The van der Waals surface area contributed by atoms with E-state index in [1.165, 1.54) is 4.90 Å². The van der Waals surface area contributed by atoms with Gasteiger partial charge in [-0.25, -0.2) is 0 Å². The molecule has 3 unspecified atom stereocenters. The molecule has 0 spiro atoms. The standard InChI is InChI=1S/C25H28N2O4S/c1-32-16-15-22(27-24(29)20-9-5-6-10-21(20)25(27)30)23(28)26-17-11-13-19(14-12-17)31-18-7-3-2-4-8-18/h2-4,7-8,11-14,20-22H,5-6,9-10,15-16H2,1H3,(H,26,28). The Morgan fingerprint density at radius 2 is 1.59 bits per heavy atom. The highest BCUT2D eigenvalue weighted by Crippen LogP contribution is 2.39. The van der Waals surface area contributed by atoms with Gasteiger partial charge in [0.15, 0.2) is 0 Å².